The lowest BCUT2D eigenvalue weighted by molar-refractivity contribution is 0.0695. The van der Waals surface area contributed by atoms with Crippen molar-refractivity contribution in [2.24, 2.45) is 5.92 Å². The number of nitrogens with zero attached hydrogens (tertiary/aromatic N) is 2. The van der Waals surface area contributed by atoms with Crippen LogP contribution in [0.3, 0.4) is 0 Å². The van der Waals surface area contributed by atoms with Gasteiger partial charge in [0.2, 0.25) is 0 Å². The maximum Gasteiger partial charge on any atom is 0.335 e. The number of carboxylic acid groups (broad SMARTS) is 1. The van der Waals surface area contributed by atoms with Gasteiger partial charge in [-0.2, -0.15) is 0 Å². The summed E-state index contributed by atoms with van der Waals surface area (Å²) in [6.07, 6.45) is 2.58. The first-order chi connectivity index (χ1) is 10.0. The van der Waals surface area contributed by atoms with Crippen molar-refractivity contribution in [3.05, 3.63) is 29.3 Å². The van der Waals surface area contributed by atoms with E-state index in [0.29, 0.717) is 13.1 Å². The minimum absolute atomic E-state index is 0.105. The van der Waals surface area contributed by atoms with E-state index < -0.39 is 17.6 Å². The predicted octanol–water partition coefficient (Wildman–Crippen LogP) is 2.20. The molecule has 4 nitrogen and oxygen atoms in total. The van der Waals surface area contributed by atoms with Gasteiger partial charge in [0.25, 0.3) is 0 Å². The number of anilines is 1. The molecule has 1 saturated carbocycles. The third kappa shape index (κ3) is 3.15. The second-order valence-corrected chi connectivity index (χ2v) is 5.82. The Kier molecular flexibility index (Phi) is 3.80. The molecule has 0 unspecified atom stereocenters. The van der Waals surface area contributed by atoms with Crippen LogP contribution in [0.1, 0.15) is 23.2 Å². The molecular formula is C15H18F2N2O2. The third-order valence-corrected chi connectivity index (χ3v) is 4.17. The zero-order valence-electron chi connectivity index (χ0n) is 11.7. The van der Waals surface area contributed by atoms with Gasteiger partial charge in [-0.15, -0.1) is 0 Å². The number of aromatic carboxylic acids is 1. The molecule has 1 N–H and O–H groups in total. The monoisotopic (exact) mass is 296 g/mol. The quantitative estimate of drug-likeness (QED) is 0.925. The highest BCUT2D eigenvalue weighted by Crippen LogP contribution is 2.31. The fourth-order valence-corrected chi connectivity index (χ4v) is 2.81. The van der Waals surface area contributed by atoms with E-state index >= 15 is 0 Å². The maximum absolute atomic E-state index is 14.0. The molecule has 0 bridgehead atoms. The van der Waals surface area contributed by atoms with Crippen LogP contribution in [0.25, 0.3) is 0 Å². The van der Waals surface area contributed by atoms with Crippen LogP contribution >= 0.6 is 0 Å². The number of benzene rings is 1. The van der Waals surface area contributed by atoms with E-state index in [1.165, 1.54) is 12.8 Å². The van der Waals surface area contributed by atoms with Crippen molar-refractivity contribution in [2.45, 2.75) is 12.8 Å². The zero-order chi connectivity index (χ0) is 15.0. The van der Waals surface area contributed by atoms with Gasteiger partial charge in [-0.05, 0) is 30.9 Å². The van der Waals surface area contributed by atoms with E-state index in [4.69, 9.17) is 5.11 Å². The molecule has 114 valence electrons. The summed E-state index contributed by atoms with van der Waals surface area (Å²) < 4.78 is 28.0. The second-order valence-electron chi connectivity index (χ2n) is 5.82. The topological polar surface area (TPSA) is 43.8 Å². The Balaban J connectivity index is 1.71. The van der Waals surface area contributed by atoms with E-state index in [1.807, 2.05) is 0 Å². The summed E-state index contributed by atoms with van der Waals surface area (Å²) in [4.78, 5) is 14.8. The molecule has 1 aromatic rings. The number of halogens is 2. The van der Waals surface area contributed by atoms with Crippen LogP contribution in [0.15, 0.2) is 12.1 Å². The fourth-order valence-electron chi connectivity index (χ4n) is 2.81. The molecule has 1 aliphatic heterocycles. The van der Waals surface area contributed by atoms with Crippen LogP contribution in [0, 0.1) is 17.6 Å². The molecule has 0 aromatic heterocycles. The van der Waals surface area contributed by atoms with E-state index in [-0.39, 0.29) is 11.3 Å². The first-order valence-electron chi connectivity index (χ1n) is 7.24. The summed E-state index contributed by atoms with van der Waals surface area (Å²) in [7, 11) is 0. The smallest absolute Gasteiger partial charge is 0.335 e. The molecule has 0 spiro atoms. The molecule has 6 heteroatoms. The van der Waals surface area contributed by atoms with Crippen LogP contribution in [0.2, 0.25) is 0 Å². The first-order valence-corrected chi connectivity index (χ1v) is 7.24. The van der Waals surface area contributed by atoms with E-state index in [1.54, 1.807) is 4.90 Å². The predicted molar refractivity (Wildman–Crippen MR) is 74.7 cm³/mol. The molecule has 0 amide bonds. The summed E-state index contributed by atoms with van der Waals surface area (Å²) in [5.41, 5.74) is -0.466. The number of rotatable bonds is 4. The van der Waals surface area contributed by atoms with Crippen molar-refractivity contribution in [2.75, 3.05) is 37.6 Å². The van der Waals surface area contributed by atoms with Gasteiger partial charge in [0.1, 0.15) is 17.3 Å². The molecule has 3 rings (SSSR count). The SMILES string of the molecule is O=C(O)c1cc(F)c(N2CCN(CC3CC3)CC2)c(F)c1. The number of piperazine rings is 1. The Morgan fingerprint density at radius 3 is 2.19 bits per heavy atom. The first kappa shape index (κ1) is 14.3. The Morgan fingerprint density at radius 2 is 1.71 bits per heavy atom. The summed E-state index contributed by atoms with van der Waals surface area (Å²) in [6.45, 7) is 3.78. The van der Waals surface area contributed by atoms with Gasteiger partial charge in [-0.1, -0.05) is 0 Å². The largest absolute Gasteiger partial charge is 0.478 e. The van der Waals surface area contributed by atoms with Crippen molar-refractivity contribution in [1.82, 2.24) is 4.90 Å². The lowest BCUT2D eigenvalue weighted by Crippen LogP contribution is -2.47. The fraction of sp³-hybridized carbons (Fsp3) is 0.533. The zero-order valence-corrected chi connectivity index (χ0v) is 11.7. The Bertz CT molecular complexity index is 530. The van der Waals surface area contributed by atoms with Gasteiger partial charge in [0, 0.05) is 32.7 Å². The maximum atomic E-state index is 14.0. The van der Waals surface area contributed by atoms with Crippen LogP contribution < -0.4 is 4.90 Å². The molecule has 2 aliphatic rings. The van der Waals surface area contributed by atoms with Gasteiger partial charge < -0.3 is 10.0 Å². The number of hydrogen-bond acceptors (Lipinski definition) is 3. The van der Waals surface area contributed by atoms with Crippen LogP contribution in [-0.2, 0) is 0 Å². The molecule has 2 fully saturated rings. The van der Waals surface area contributed by atoms with Gasteiger partial charge in [-0.25, -0.2) is 13.6 Å². The summed E-state index contributed by atoms with van der Waals surface area (Å²) in [5, 5.41) is 8.81. The molecular weight excluding hydrogens is 278 g/mol. The van der Waals surface area contributed by atoms with Gasteiger partial charge in [0.05, 0.1) is 5.56 Å². The van der Waals surface area contributed by atoms with Crippen molar-refractivity contribution in [3.63, 3.8) is 0 Å². The Hall–Kier alpha value is -1.69. The Labute approximate surface area is 122 Å². The summed E-state index contributed by atoms with van der Waals surface area (Å²) in [5.74, 6) is -2.13. The summed E-state index contributed by atoms with van der Waals surface area (Å²) >= 11 is 0. The van der Waals surface area contributed by atoms with Gasteiger partial charge in [0.15, 0.2) is 0 Å². The van der Waals surface area contributed by atoms with Crippen LogP contribution in [0.5, 0.6) is 0 Å². The van der Waals surface area contributed by atoms with Crippen molar-refractivity contribution < 1.29 is 18.7 Å². The molecule has 1 aromatic carbocycles. The van der Waals surface area contributed by atoms with Crippen molar-refractivity contribution >= 4 is 11.7 Å². The Morgan fingerprint density at radius 1 is 1.14 bits per heavy atom. The average Bonchev–Trinajstić information content (AvgIpc) is 3.23. The second kappa shape index (κ2) is 5.60. The van der Waals surface area contributed by atoms with Crippen LogP contribution in [-0.4, -0.2) is 48.7 Å². The molecule has 0 atom stereocenters. The lowest BCUT2D eigenvalue weighted by atomic mass is 10.1. The molecule has 1 heterocycles. The number of carbonyl (C=O) groups is 1. The van der Waals surface area contributed by atoms with Crippen molar-refractivity contribution in [3.8, 4) is 0 Å². The molecule has 1 aliphatic carbocycles. The standard InChI is InChI=1S/C15H18F2N2O2/c16-12-7-11(15(20)21)8-13(17)14(12)19-5-3-18(4-6-19)9-10-1-2-10/h7-8,10H,1-6,9H2,(H,20,21). The van der Waals surface area contributed by atoms with E-state index in [0.717, 1.165) is 37.7 Å². The lowest BCUT2D eigenvalue weighted by Gasteiger charge is -2.36. The van der Waals surface area contributed by atoms with E-state index in [9.17, 15) is 13.6 Å². The number of carboxylic acids is 1. The highest BCUT2D eigenvalue weighted by atomic mass is 19.1. The molecule has 21 heavy (non-hydrogen) atoms. The van der Waals surface area contributed by atoms with Crippen molar-refractivity contribution in [1.29, 1.82) is 0 Å². The minimum atomic E-state index is -1.33. The highest BCUT2D eigenvalue weighted by molar-refractivity contribution is 5.88. The minimum Gasteiger partial charge on any atom is -0.478 e. The summed E-state index contributed by atoms with van der Waals surface area (Å²) in [6, 6.07) is 1.77. The molecule has 0 radical (unpaired) electrons. The van der Waals surface area contributed by atoms with E-state index in [2.05, 4.69) is 4.90 Å². The van der Waals surface area contributed by atoms with Crippen LogP contribution in [0.4, 0.5) is 14.5 Å². The molecule has 1 saturated heterocycles. The highest BCUT2D eigenvalue weighted by Gasteiger charge is 2.28. The van der Waals surface area contributed by atoms with Gasteiger partial charge >= 0.3 is 5.97 Å². The number of hydrogen-bond donors (Lipinski definition) is 1. The normalized spacial score (nSPS) is 19.8. The van der Waals surface area contributed by atoms with Gasteiger partial charge in [-0.3, -0.25) is 4.90 Å². The third-order valence-electron chi connectivity index (χ3n) is 4.17. The average molecular weight is 296 g/mol.